The van der Waals surface area contributed by atoms with Crippen LogP contribution in [0.25, 0.3) is 0 Å². The number of nitrogens with one attached hydrogen (secondary N) is 1. The number of hydrogen-bond donors (Lipinski definition) is 2. The van der Waals surface area contributed by atoms with Gasteiger partial charge in [-0.25, -0.2) is 8.42 Å². The van der Waals surface area contributed by atoms with Crippen LogP contribution in [0.4, 0.5) is 5.69 Å². The summed E-state index contributed by atoms with van der Waals surface area (Å²) < 4.78 is 23.2. The summed E-state index contributed by atoms with van der Waals surface area (Å²) in [6.07, 6.45) is 0.637. The number of phenolic OH excluding ortho intramolecular Hbond substituents is 1. The highest BCUT2D eigenvalue weighted by atomic mass is 32.2. The Morgan fingerprint density at radius 1 is 1.30 bits per heavy atom. The van der Waals surface area contributed by atoms with E-state index in [4.69, 9.17) is 0 Å². The Balaban J connectivity index is 2.19. The zero-order valence-electron chi connectivity index (χ0n) is 12.0. The fourth-order valence-electron chi connectivity index (χ4n) is 2.45. The average Bonchev–Trinajstić information content (AvgIpc) is 2.59. The lowest BCUT2D eigenvalue weighted by Gasteiger charge is -2.23. The molecule has 0 bridgehead atoms. The molecule has 0 radical (unpaired) electrons. The maximum Gasteiger partial charge on any atom is 0.152 e. The van der Waals surface area contributed by atoms with Crippen LogP contribution in [0, 0.1) is 0 Å². The molecule has 1 fully saturated rings. The molecule has 0 aromatic heterocycles. The molecule has 112 valence electrons. The summed E-state index contributed by atoms with van der Waals surface area (Å²) in [7, 11) is -1.07. The molecule has 1 heterocycles. The number of aromatic hydroxyl groups is 1. The first-order chi connectivity index (χ1) is 9.43. The Morgan fingerprint density at radius 2 is 2.05 bits per heavy atom. The lowest BCUT2D eigenvalue weighted by atomic mass is 10.1. The van der Waals surface area contributed by atoms with Crippen molar-refractivity contribution in [3.63, 3.8) is 0 Å². The Bertz CT molecular complexity index is 572. The first-order valence-corrected chi connectivity index (χ1v) is 8.70. The molecule has 2 N–H and O–H groups in total. The Labute approximate surface area is 120 Å². The molecule has 1 saturated heterocycles. The van der Waals surface area contributed by atoms with Gasteiger partial charge in [-0.1, -0.05) is 6.07 Å². The normalized spacial score (nSPS) is 20.4. The first-order valence-electron chi connectivity index (χ1n) is 6.88. The van der Waals surface area contributed by atoms with Crippen LogP contribution in [0.15, 0.2) is 18.2 Å². The molecule has 20 heavy (non-hydrogen) atoms. The van der Waals surface area contributed by atoms with E-state index in [1.807, 2.05) is 31.0 Å². The predicted molar refractivity (Wildman–Crippen MR) is 81.1 cm³/mol. The quantitative estimate of drug-likeness (QED) is 0.880. The minimum atomic E-state index is -2.91. The van der Waals surface area contributed by atoms with E-state index in [1.54, 1.807) is 6.07 Å². The number of anilines is 1. The van der Waals surface area contributed by atoms with E-state index in [9.17, 15) is 13.5 Å². The second kappa shape index (κ2) is 6.01. The maximum atomic E-state index is 11.6. The van der Waals surface area contributed by atoms with Gasteiger partial charge in [0.2, 0.25) is 0 Å². The van der Waals surface area contributed by atoms with Crippen molar-refractivity contribution >= 4 is 15.5 Å². The van der Waals surface area contributed by atoms with Gasteiger partial charge < -0.3 is 15.3 Å². The van der Waals surface area contributed by atoms with Crippen LogP contribution in [0.1, 0.15) is 24.9 Å². The number of phenols is 1. The van der Waals surface area contributed by atoms with Crippen LogP contribution in [0.5, 0.6) is 5.75 Å². The Kier molecular flexibility index (Phi) is 4.55. The average molecular weight is 298 g/mol. The summed E-state index contributed by atoms with van der Waals surface area (Å²) in [5, 5.41) is 13.2. The molecule has 2 rings (SSSR count). The number of nitrogens with zero attached hydrogens (tertiary/aromatic N) is 1. The second-order valence-electron chi connectivity index (χ2n) is 5.25. The monoisotopic (exact) mass is 298 g/mol. The molecular weight excluding hydrogens is 276 g/mol. The van der Waals surface area contributed by atoms with Gasteiger partial charge in [-0.2, -0.15) is 0 Å². The van der Waals surface area contributed by atoms with Gasteiger partial charge in [0, 0.05) is 36.4 Å². The fraction of sp³-hybridized carbons (Fsp3) is 0.571. The molecular formula is C14H22N2O3S. The van der Waals surface area contributed by atoms with Gasteiger partial charge in [-0.15, -0.1) is 0 Å². The van der Waals surface area contributed by atoms with E-state index < -0.39 is 9.84 Å². The van der Waals surface area contributed by atoms with Crippen molar-refractivity contribution in [2.45, 2.75) is 19.4 Å². The smallest absolute Gasteiger partial charge is 0.152 e. The zero-order chi connectivity index (χ0) is 14.8. The van der Waals surface area contributed by atoms with Crippen LogP contribution in [0.2, 0.25) is 0 Å². The molecule has 0 saturated carbocycles. The minimum Gasteiger partial charge on any atom is -0.508 e. The molecule has 0 amide bonds. The SMILES string of the molecule is CNC(C)c1ccc(N2CCCS(=O)(=O)CC2)cc1O. The van der Waals surface area contributed by atoms with Crippen LogP contribution < -0.4 is 10.2 Å². The maximum absolute atomic E-state index is 11.6. The summed E-state index contributed by atoms with van der Waals surface area (Å²) in [5.74, 6) is 0.684. The Hall–Kier alpha value is -1.27. The van der Waals surface area contributed by atoms with E-state index in [-0.39, 0.29) is 23.3 Å². The summed E-state index contributed by atoms with van der Waals surface area (Å²) in [6, 6.07) is 5.64. The number of benzene rings is 1. The highest BCUT2D eigenvalue weighted by Gasteiger charge is 2.20. The van der Waals surface area contributed by atoms with Gasteiger partial charge in [-0.3, -0.25) is 0 Å². The summed E-state index contributed by atoms with van der Waals surface area (Å²) in [4.78, 5) is 2.03. The number of sulfone groups is 1. The third-order valence-electron chi connectivity index (χ3n) is 3.83. The van der Waals surface area contributed by atoms with E-state index in [0.29, 0.717) is 19.5 Å². The van der Waals surface area contributed by atoms with Crippen LogP contribution in [0.3, 0.4) is 0 Å². The molecule has 0 aliphatic carbocycles. The van der Waals surface area contributed by atoms with Gasteiger partial charge >= 0.3 is 0 Å². The molecule has 1 atom stereocenters. The molecule has 1 unspecified atom stereocenters. The highest BCUT2D eigenvalue weighted by molar-refractivity contribution is 7.91. The summed E-state index contributed by atoms with van der Waals surface area (Å²) in [5.41, 5.74) is 1.73. The van der Waals surface area contributed by atoms with Crippen molar-refractivity contribution in [1.29, 1.82) is 0 Å². The molecule has 1 aromatic carbocycles. The summed E-state index contributed by atoms with van der Waals surface area (Å²) >= 11 is 0. The third-order valence-corrected chi connectivity index (χ3v) is 5.55. The second-order valence-corrected chi connectivity index (χ2v) is 7.55. The predicted octanol–water partition coefficient (Wildman–Crippen LogP) is 1.30. The zero-order valence-corrected chi connectivity index (χ0v) is 12.8. The number of rotatable bonds is 3. The van der Waals surface area contributed by atoms with Crippen LogP contribution in [-0.4, -0.2) is 45.2 Å². The van der Waals surface area contributed by atoms with Crippen LogP contribution >= 0.6 is 0 Å². The van der Waals surface area contributed by atoms with Crippen molar-refractivity contribution in [1.82, 2.24) is 5.32 Å². The number of hydrogen-bond acceptors (Lipinski definition) is 5. The topological polar surface area (TPSA) is 69.6 Å². The minimum absolute atomic E-state index is 0.0774. The molecule has 1 aliphatic heterocycles. The molecule has 1 aliphatic rings. The molecule has 1 aromatic rings. The molecule has 6 heteroatoms. The van der Waals surface area contributed by atoms with Crippen molar-refractivity contribution in [3.8, 4) is 5.75 Å². The lowest BCUT2D eigenvalue weighted by molar-refractivity contribution is 0.458. The first kappa shape index (κ1) is 15.1. The van der Waals surface area contributed by atoms with Gasteiger partial charge in [0.05, 0.1) is 11.5 Å². The van der Waals surface area contributed by atoms with Gasteiger partial charge in [-0.05, 0) is 26.5 Å². The van der Waals surface area contributed by atoms with E-state index in [0.717, 1.165) is 11.3 Å². The van der Waals surface area contributed by atoms with Crippen molar-refractivity contribution in [3.05, 3.63) is 23.8 Å². The van der Waals surface area contributed by atoms with Crippen molar-refractivity contribution in [2.75, 3.05) is 36.5 Å². The van der Waals surface area contributed by atoms with Crippen molar-refractivity contribution < 1.29 is 13.5 Å². The van der Waals surface area contributed by atoms with Gasteiger partial charge in [0.15, 0.2) is 9.84 Å². The largest absolute Gasteiger partial charge is 0.508 e. The Morgan fingerprint density at radius 3 is 2.70 bits per heavy atom. The van der Waals surface area contributed by atoms with Crippen LogP contribution in [-0.2, 0) is 9.84 Å². The third kappa shape index (κ3) is 3.43. The fourth-order valence-corrected chi connectivity index (χ4v) is 3.72. The highest BCUT2D eigenvalue weighted by Crippen LogP contribution is 2.29. The lowest BCUT2D eigenvalue weighted by Crippen LogP contribution is -2.26. The standard InChI is InChI=1S/C14H22N2O3S/c1-11(15-2)13-5-4-12(10-14(13)17)16-6-3-8-20(18,19)9-7-16/h4-5,10-11,15,17H,3,6-9H2,1-2H3. The van der Waals surface area contributed by atoms with Gasteiger partial charge in [0.25, 0.3) is 0 Å². The summed E-state index contributed by atoms with van der Waals surface area (Å²) in [6.45, 7) is 3.18. The van der Waals surface area contributed by atoms with Gasteiger partial charge in [0.1, 0.15) is 5.75 Å². The molecule has 5 nitrogen and oxygen atoms in total. The van der Waals surface area contributed by atoms with E-state index in [1.165, 1.54) is 0 Å². The van der Waals surface area contributed by atoms with E-state index >= 15 is 0 Å². The molecule has 0 spiro atoms. The van der Waals surface area contributed by atoms with Crippen molar-refractivity contribution in [2.24, 2.45) is 0 Å². The van der Waals surface area contributed by atoms with E-state index in [2.05, 4.69) is 5.32 Å².